The van der Waals surface area contributed by atoms with E-state index in [-0.39, 0.29) is 11.9 Å². The van der Waals surface area contributed by atoms with E-state index in [1.54, 1.807) is 0 Å². The fourth-order valence-electron chi connectivity index (χ4n) is 3.51. The lowest BCUT2D eigenvalue weighted by Gasteiger charge is -2.40. The van der Waals surface area contributed by atoms with Crippen LogP contribution in [0.4, 0.5) is 0 Å². The first-order valence-electron chi connectivity index (χ1n) is 8.09. The van der Waals surface area contributed by atoms with E-state index in [2.05, 4.69) is 23.1 Å². The summed E-state index contributed by atoms with van der Waals surface area (Å²) in [5, 5.41) is 0. The van der Waals surface area contributed by atoms with Gasteiger partial charge in [-0.3, -0.25) is 9.69 Å². The Morgan fingerprint density at radius 3 is 2.70 bits per heavy atom. The first-order chi connectivity index (χ1) is 11.3. The molecule has 0 saturated carbocycles. The Hall–Kier alpha value is -2.33. The van der Waals surface area contributed by atoms with Crippen LogP contribution in [0, 0.1) is 0 Å². The molecule has 23 heavy (non-hydrogen) atoms. The molecule has 2 heterocycles. The molecule has 0 spiro atoms. The number of para-hydroxylation sites is 1. The van der Waals surface area contributed by atoms with Gasteiger partial charge in [-0.1, -0.05) is 48.5 Å². The molecule has 1 saturated heterocycles. The number of hydrogen-bond acceptors (Lipinski definition) is 3. The van der Waals surface area contributed by atoms with Gasteiger partial charge in [-0.25, -0.2) is 0 Å². The Labute approximate surface area is 136 Å². The largest absolute Gasteiger partial charge is 0.491 e. The SMILES string of the molecule is O=C1CN(Cc2ccccc2)CC2c3ccccc3OCCN12. The molecule has 2 aliphatic heterocycles. The van der Waals surface area contributed by atoms with Crippen LogP contribution in [-0.4, -0.2) is 41.9 Å². The lowest BCUT2D eigenvalue weighted by atomic mass is 10.0. The smallest absolute Gasteiger partial charge is 0.237 e. The third kappa shape index (κ3) is 2.82. The maximum atomic E-state index is 12.6. The molecule has 2 aliphatic rings. The highest BCUT2D eigenvalue weighted by Crippen LogP contribution is 2.34. The van der Waals surface area contributed by atoms with E-state index >= 15 is 0 Å². The lowest BCUT2D eigenvalue weighted by molar-refractivity contribution is -0.140. The topological polar surface area (TPSA) is 32.8 Å². The van der Waals surface area contributed by atoms with E-state index in [1.165, 1.54) is 5.56 Å². The van der Waals surface area contributed by atoms with Crippen molar-refractivity contribution < 1.29 is 9.53 Å². The van der Waals surface area contributed by atoms with E-state index < -0.39 is 0 Å². The third-order valence-electron chi connectivity index (χ3n) is 4.60. The first-order valence-corrected chi connectivity index (χ1v) is 8.09. The van der Waals surface area contributed by atoms with E-state index in [4.69, 9.17) is 4.74 Å². The first kappa shape index (κ1) is 14.3. The average molecular weight is 308 g/mol. The number of ether oxygens (including phenoxy) is 1. The summed E-state index contributed by atoms with van der Waals surface area (Å²) in [5.41, 5.74) is 2.36. The van der Waals surface area contributed by atoms with E-state index in [1.807, 2.05) is 41.3 Å². The maximum Gasteiger partial charge on any atom is 0.237 e. The summed E-state index contributed by atoms with van der Waals surface area (Å²) >= 11 is 0. The number of fused-ring (bicyclic) bond motifs is 3. The van der Waals surface area contributed by atoms with Gasteiger partial charge in [0.15, 0.2) is 0 Å². The van der Waals surface area contributed by atoms with Gasteiger partial charge in [-0.05, 0) is 11.6 Å². The van der Waals surface area contributed by atoms with Crippen molar-refractivity contribution in [3.8, 4) is 5.75 Å². The predicted molar refractivity (Wildman–Crippen MR) is 88.1 cm³/mol. The molecule has 4 rings (SSSR count). The van der Waals surface area contributed by atoms with Crippen molar-refractivity contribution in [2.24, 2.45) is 0 Å². The Morgan fingerprint density at radius 2 is 1.83 bits per heavy atom. The third-order valence-corrected chi connectivity index (χ3v) is 4.60. The van der Waals surface area contributed by atoms with Crippen molar-refractivity contribution >= 4 is 5.91 Å². The highest BCUT2D eigenvalue weighted by Gasteiger charge is 2.36. The van der Waals surface area contributed by atoms with Gasteiger partial charge >= 0.3 is 0 Å². The predicted octanol–water partition coefficient (Wildman–Crippen LogP) is 2.46. The molecule has 4 nitrogen and oxygen atoms in total. The lowest BCUT2D eigenvalue weighted by Crippen LogP contribution is -2.51. The van der Waals surface area contributed by atoms with Gasteiger partial charge in [-0.15, -0.1) is 0 Å². The molecule has 0 aromatic heterocycles. The van der Waals surface area contributed by atoms with Crippen molar-refractivity contribution in [2.75, 3.05) is 26.2 Å². The van der Waals surface area contributed by atoms with Gasteiger partial charge in [0.1, 0.15) is 12.4 Å². The van der Waals surface area contributed by atoms with Crippen LogP contribution in [0.5, 0.6) is 5.75 Å². The Balaban J connectivity index is 1.61. The van der Waals surface area contributed by atoms with Crippen molar-refractivity contribution in [3.05, 3.63) is 65.7 Å². The minimum atomic E-state index is 0.0821. The summed E-state index contributed by atoms with van der Waals surface area (Å²) in [7, 11) is 0. The minimum Gasteiger partial charge on any atom is -0.491 e. The second-order valence-corrected chi connectivity index (χ2v) is 6.14. The normalized spacial score (nSPS) is 21.1. The molecule has 1 unspecified atom stereocenters. The molecular formula is C19H20N2O2. The van der Waals surface area contributed by atoms with E-state index in [0.717, 1.165) is 24.4 Å². The number of nitrogens with zero attached hydrogens (tertiary/aromatic N) is 2. The molecule has 0 aliphatic carbocycles. The molecule has 4 heteroatoms. The summed E-state index contributed by atoms with van der Waals surface area (Å²) in [5.74, 6) is 1.10. The molecular weight excluding hydrogens is 288 g/mol. The van der Waals surface area contributed by atoms with E-state index in [9.17, 15) is 4.79 Å². The zero-order chi connectivity index (χ0) is 15.6. The molecule has 1 amide bonds. The summed E-state index contributed by atoms with van der Waals surface area (Å²) in [6.07, 6.45) is 0. The number of carbonyl (C=O) groups is 1. The van der Waals surface area contributed by atoms with Gasteiger partial charge in [0.25, 0.3) is 0 Å². The maximum absolute atomic E-state index is 12.6. The van der Waals surface area contributed by atoms with E-state index in [0.29, 0.717) is 19.7 Å². The van der Waals surface area contributed by atoms with Crippen LogP contribution in [0.2, 0.25) is 0 Å². The number of rotatable bonds is 2. The van der Waals surface area contributed by atoms with Gasteiger partial charge < -0.3 is 9.64 Å². The summed E-state index contributed by atoms with van der Waals surface area (Å²) in [6, 6.07) is 18.5. The summed E-state index contributed by atoms with van der Waals surface area (Å²) < 4.78 is 5.83. The van der Waals surface area contributed by atoms with Crippen molar-refractivity contribution in [1.82, 2.24) is 9.80 Å². The number of piperazine rings is 1. The molecule has 118 valence electrons. The fraction of sp³-hybridized carbons (Fsp3) is 0.316. The quantitative estimate of drug-likeness (QED) is 0.854. The summed E-state index contributed by atoms with van der Waals surface area (Å²) in [6.45, 7) is 3.36. The standard InChI is InChI=1S/C19H20N2O2/c22-19-14-20(12-15-6-2-1-3-7-15)13-17-16-8-4-5-9-18(16)23-11-10-21(17)19/h1-9,17H,10-14H2. The van der Waals surface area contributed by atoms with Crippen LogP contribution >= 0.6 is 0 Å². The molecule has 1 fully saturated rings. The van der Waals surface area contributed by atoms with Crippen LogP contribution in [0.25, 0.3) is 0 Å². The second-order valence-electron chi connectivity index (χ2n) is 6.14. The minimum absolute atomic E-state index is 0.0821. The van der Waals surface area contributed by atoms with Crippen LogP contribution in [-0.2, 0) is 11.3 Å². The van der Waals surface area contributed by atoms with Crippen LogP contribution < -0.4 is 4.74 Å². The highest BCUT2D eigenvalue weighted by molar-refractivity contribution is 5.80. The molecule has 2 aromatic carbocycles. The second kappa shape index (κ2) is 6.05. The highest BCUT2D eigenvalue weighted by atomic mass is 16.5. The monoisotopic (exact) mass is 308 g/mol. The van der Waals surface area contributed by atoms with Crippen molar-refractivity contribution in [3.63, 3.8) is 0 Å². The van der Waals surface area contributed by atoms with Gasteiger partial charge in [0.2, 0.25) is 5.91 Å². The molecule has 0 radical (unpaired) electrons. The van der Waals surface area contributed by atoms with Gasteiger partial charge in [-0.2, -0.15) is 0 Å². The van der Waals surface area contributed by atoms with Crippen LogP contribution in [0.15, 0.2) is 54.6 Å². The Kier molecular flexibility index (Phi) is 3.75. The fourth-order valence-corrected chi connectivity index (χ4v) is 3.51. The van der Waals surface area contributed by atoms with Crippen molar-refractivity contribution in [1.29, 1.82) is 0 Å². The number of carbonyl (C=O) groups excluding carboxylic acids is 1. The molecule has 2 aromatic rings. The number of amides is 1. The molecule has 0 N–H and O–H groups in total. The Morgan fingerprint density at radius 1 is 1.04 bits per heavy atom. The zero-order valence-corrected chi connectivity index (χ0v) is 13.0. The number of hydrogen-bond donors (Lipinski definition) is 0. The average Bonchev–Trinajstić information content (AvgIpc) is 2.76. The van der Waals surface area contributed by atoms with Crippen LogP contribution in [0.3, 0.4) is 0 Å². The summed E-state index contributed by atoms with van der Waals surface area (Å²) in [4.78, 5) is 16.8. The number of benzene rings is 2. The molecule has 0 bridgehead atoms. The van der Waals surface area contributed by atoms with Gasteiger partial charge in [0.05, 0.1) is 19.1 Å². The van der Waals surface area contributed by atoms with Crippen LogP contribution in [0.1, 0.15) is 17.2 Å². The Bertz CT molecular complexity index is 702. The van der Waals surface area contributed by atoms with Crippen molar-refractivity contribution in [2.45, 2.75) is 12.6 Å². The molecule has 1 atom stereocenters. The van der Waals surface area contributed by atoms with Gasteiger partial charge in [0, 0.05) is 18.7 Å². The zero-order valence-electron chi connectivity index (χ0n) is 13.0.